The van der Waals surface area contributed by atoms with Crippen LogP contribution in [-0.4, -0.2) is 0 Å². The first-order valence-corrected chi connectivity index (χ1v) is 7.30. The first kappa shape index (κ1) is 13.4. The summed E-state index contributed by atoms with van der Waals surface area (Å²) in [6.07, 6.45) is 0.948. The van der Waals surface area contributed by atoms with E-state index in [1.807, 2.05) is 11.3 Å². The average Bonchev–Trinajstić information content (AvgIpc) is 2.83. The second kappa shape index (κ2) is 4.58. The molecule has 0 amide bonds. The van der Waals surface area contributed by atoms with Gasteiger partial charge in [0.1, 0.15) is 11.5 Å². The van der Waals surface area contributed by atoms with Crippen LogP contribution in [0.4, 0.5) is 0 Å². The van der Waals surface area contributed by atoms with Gasteiger partial charge in [-0.2, -0.15) is 0 Å². The van der Waals surface area contributed by atoms with Crippen LogP contribution in [0.5, 0.6) is 0 Å². The molecule has 0 spiro atoms. The van der Waals surface area contributed by atoms with Crippen molar-refractivity contribution in [2.45, 2.75) is 51.9 Å². The molecular formula is C16H22OS. The minimum Gasteiger partial charge on any atom is -0.466 e. The Bertz CT molecular complexity index is 497. The molecule has 98 valence electrons. The molecule has 0 saturated heterocycles. The average molecular weight is 262 g/mol. The van der Waals surface area contributed by atoms with Crippen molar-refractivity contribution in [3.05, 3.63) is 46.0 Å². The van der Waals surface area contributed by atoms with E-state index in [4.69, 9.17) is 4.42 Å². The van der Waals surface area contributed by atoms with Crippen molar-refractivity contribution in [1.29, 1.82) is 0 Å². The number of hydrogen-bond donors (Lipinski definition) is 0. The molecule has 2 heterocycles. The van der Waals surface area contributed by atoms with Gasteiger partial charge in [-0.3, -0.25) is 0 Å². The fourth-order valence-corrected chi connectivity index (χ4v) is 2.91. The van der Waals surface area contributed by atoms with Crippen LogP contribution in [0, 0.1) is 0 Å². The van der Waals surface area contributed by atoms with Gasteiger partial charge in [-0.25, -0.2) is 0 Å². The first-order valence-electron chi connectivity index (χ1n) is 6.42. The summed E-state index contributed by atoms with van der Waals surface area (Å²) >= 11 is 1.82. The van der Waals surface area contributed by atoms with Crippen molar-refractivity contribution in [2.75, 3.05) is 0 Å². The highest BCUT2D eigenvalue weighted by Crippen LogP contribution is 2.33. The van der Waals surface area contributed by atoms with Crippen LogP contribution in [-0.2, 0) is 17.3 Å². The second-order valence-electron chi connectivity index (χ2n) is 6.55. The van der Waals surface area contributed by atoms with Crippen molar-refractivity contribution in [2.24, 2.45) is 0 Å². The third-order valence-corrected chi connectivity index (χ3v) is 4.44. The Morgan fingerprint density at radius 3 is 2.28 bits per heavy atom. The van der Waals surface area contributed by atoms with E-state index >= 15 is 0 Å². The molecule has 0 aliphatic rings. The second-order valence-corrected chi connectivity index (χ2v) is 7.50. The third-order valence-electron chi connectivity index (χ3n) is 3.21. The van der Waals surface area contributed by atoms with Crippen molar-refractivity contribution < 1.29 is 4.42 Å². The fraction of sp³-hybridized carbons (Fsp3) is 0.500. The molecule has 2 aromatic heterocycles. The lowest BCUT2D eigenvalue weighted by molar-refractivity contribution is 0.365. The smallest absolute Gasteiger partial charge is 0.109 e. The van der Waals surface area contributed by atoms with Crippen LogP contribution in [0.15, 0.2) is 34.1 Å². The zero-order chi connectivity index (χ0) is 13.4. The van der Waals surface area contributed by atoms with Crippen molar-refractivity contribution in [3.8, 4) is 0 Å². The maximum atomic E-state index is 5.99. The fourth-order valence-electron chi connectivity index (χ4n) is 2.06. The summed E-state index contributed by atoms with van der Waals surface area (Å²) in [5, 5.41) is 2.14. The maximum Gasteiger partial charge on any atom is 0.109 e. The van der Waals surface area contributed by atoms with Gasteiger partial charge in [0, 0.05) is 22.1 Å². The Morgan fingerprint density at radius 1 is 1.06 bits per heavy atom. The summed E-state index contributed by atoms with van der Waals surface area (Å²) in [6, 6.07) is 8.55. The van der Waals surface area contributed by atoms with Crippen LogP contribution in [0.1, 0.15) is 51.0 Å². The first-order chi connectivity index (χ1) is 8.29. The lowest BCUT2D eigenvalue weighted by Crippen LogP contribution is -2.18. The predicted molar refractivity (Wildman–Crippen MR) is 78.5 cm³/mol. The molecule has 2 heteroatoms. The Balaban J connectivity index is 2.17. The number of rotatable bonds is 3. The van der Waals surface area contributed by atoms with E-state index in [-0.39, 0.29) is 10.8 Å². The van der Waals surface area contributed by atoms with Crippen molar-refractivity contribution in [1.82, 2.24) is 0 Å². The number of hydrogen-bond acceptors (Lipinski definition) is 2. The summed E-state index contributed by atoms with van der Waals surface area (Å²) in [4.78, 5) is 1.41. The Hall–Kier alpha value is -1.02. The molecule has 0 unspecified atom stereocenters. The Kier molecular flexibility index (Phi) is 3.41. The molecule has 0 atom stereocenters. The number of thiophene rings is 1. The lowest BCUT2D eigenvalue weighted by Gasteiger charge is -2.22. The molecule has 18 heavy (non-hydrogen) atoms. The zero-order valence-electron chi connectivity index (χ0n) is 11.9. The van der Waals surface area contributed by atoms with E-state index < -0.39 is 0 Å². The van der Waals surface area contributed by atoms with Crippen LogP contribution >= 0.6 is 11.3 Å². The van der Waals surface area contributed by atoms with Crippen LogP contribution < -0.4 is 0 Å². The Labute approximate surface area is 114 Å². The van der Waals surface area contributed by atoms with Crippen LogP contribution in [0.2, 0.25) is 0 Å². The molecule has 0 N–H and O–H groups in total. The quantitative estimate of drug-likeness (QED) is 0.744. The van der Waals surface area contributed by atoms with Crippen molar-refractivity contribution in [3.63, 3.8) is 0 Å². The van der Waals surface area contributed by atoms with Gasteiger partial charge >= 0.3 is 0 Å². The molecule has 1 nitrogen and oxygen atoms in total. The van der Waals surface area contributed by atoms with E-state index in [0.717, 1.165) is 17.9 Å². The summed E-state index contributed by atoms with van der Waals surface area (Å²) in [7, 11) is 0. The molecule has 0 fully saturated rings. The summed E-state index contributed by atoms with van der Waals surface area (Å²) in [5.74, 6) is 2.15. The predicted octanol–water partition coefficient (Wildman–Crippen LogP) is 5.16. The topological polar surface area (TPSA) is 13.1 Å². The minimum atomic E-state index is 0.0886. The van der Waals surface area contributed by atoms with Gasteiger partial charge in [0.25, 0.3) is 0 Å². The lowest BCUT2D eigenvalue weighted by atomic mass is 9.86. The van der Waals surface area contributed by atoms with E-state index in [1.54, 1.807) is 0 Å². The Morgan fingerprint density at radius 2 is 1.78 bits per heavy atom. The van der Waals surface area contributed by atoms with Crippen LogP contribution in [0.25, 0.3) is 0 Å². The standard InChI is InChI=1S/C16H22OS/c1-15(2,3)13-9-8-12(17-13)11-16(4,5)14-7-6-10-18-14/h6-10H,11H2,1-5H3. The van der Waals surface area contributed by atoms with Gasteiger partial charge in [-0.1, -0.05) is 40.7 Å². The number of furan rings is 1. The zero-order valence-corrected chi connectivity index (χ0v) is 12.7. The molecular weight excluding hydrogens is 240 g/mol. The molecule has 0 aromatic carbocycles. The molecule has 0 saturated carbocycles. The normalized spacial score (nSPS) is 12.9. The molecule has 0 bridgehead atoms. The summed E-state index contributed by atoms with van der Waals surface area (Å²) < 4.78 is 5.99. The molecule has 0 radical (unpaired) electrons. The highest BCUT2D eigenvalue weighted by molar-refractivity contribution is 7.10. The SMILES string of the molecule is CC(C)(C)c1ccc(CC(C)(C)c2cccs2)o1. The van der Waals surface area contributed by atoms with E-state index in [1.165, 1.54) is 4.88 Å². The highest BCUT2D eigenvalue weighted by Gasteiger charge is 2.25. The van der Waals surface area contributed by atoms with Gasteiger partial charge in [0.05, 0.1) is 0 Å². The summed E-state index contributed by atoms with van der Waals surface area (Å²) in [6.45, 7) is 11.1. The molecule has 0 aliphatic carbocycles. The largest absolute Gasteiger partial charge is 0.466 e. The molecule has 2 rings (SSSR count). The van der Waals surface area contributed by atoms with Crippen molar-refractivity contribution >= 4 is 11.3 Å². The van der Waals surface area contributed by atoms with E-state index in [9.17, 15) is 0 Å². The van der Waals surface area contributed by atoms with Gasteiger partial charge in [0.15, 0.2) is 0 Å². The van der Waals surface area contributed by atoms with Crippen LogP contribution in [0.3, 0.4) is 0 Å². The monoisotopic (exact) mass is 262 g/mol. The summed E-state index contributed by atoms with van der Waals surface area (Å²) in [5.41, 5.74) is 0.229. The molecule has 2 aromatic rings. The van der Waals surface area contributed by atoms with Gasteiger partial charge in [-0.05, 0) is 23.6 Å². The maximum absolute atomic E-state index is 5.99. The minimum absolute atomic E-state index is 0.0886. The highest BCUT2D eigenvalue weighted by atomic mass is 32.1. The van der Waals surface area contributed by atoms with Gasteiger partial charge < -0.3 is 4.42 Å². The van der Waals surface area contributed by atoms with E-state index in [0.29, 0.717) is 0 Å². The van der Waals surface area contributed by atoms with E-state index in [2.05, 4.69) is 64.3 Å². The van der Waals surface area contributed by atoms with Gasteiger partial charge in [0.2, 0.25) is 0 Å². The third kappa shape index (κ3) is 2.86. The van der Waals surface area contributed by atoms with Gasteiger partial charge in [-0.15, -0.1) is 11.3 Å². The molecule has 0 aliphatic heterocycles.